The molecule has 0 spiro atoms. The van der Waals surface area contributed by atoms with Crippen molar-refractivity contribution in [1.29, 1.82) is 0 Å². The molecule has 0 bridgehead atoms. The number of rotatable bonds is 4. The number of amides is 1. The summed E-state index contributed by atoms with van der Waals surface area (Å²) in [6, 6.07) is 8.08. The number of carbonyl (C=O) groups is 1. The number of carbonyl (C=O) groups excluding carboxylic acids is 1. The van der Waals surface area contributed by atoms with E-state index < -0.39 is 0 Å². The molecule has 0 atom stereocenters. The first-order chi connectivity index (χ1) is 7.65. The van der Waals surface area contributed by atoms with Crippen LogP contribution < -0.4 is 5.32 Å². The van der Waals surface area contributed by atoms with Gasteiger partial charge in [-0.05, 0) is 37.1 Å². The predicted molar refractivity (Wildman–Crippen MR) is 68.8 cm³/mol. The Kier molecular flexibility index (Phi) is 3.54. The first kappa shape index (κ1) is 11.5. The number of thioether (sulfide) groups is 1. The van der Waals surface area contributed by atoms with Gasteiger partial charge in [-0.25, -0.2) is 0 Å². The minimum absolute atomic E-state index is 0.171. The van der Waals surface area contributed by atoms with Crippen molar-refractivity contribution in [1.82, 2.24) is 0 Å². The zero-order valence-corrected chi connectivity index (χ0v) is 10.5. The highest BCUT2D eigenvalue weighted by molar-refractivity contribution is 7.99. The van der Waals surface area contributed by atoms with Gasteiger partial charge in [0, 0.05) is 21.8 Å². The standard InChI is InChI=1S/C13H17NOS/c1-9(2)16-12-7-5-11(6-8-12)14-13(15)10-3-4-10/h5-10H,3-4H2,1-2H3,(H,14,15). The van der Waals surface area contributed by atoms with Crippen LogP contribution >= 0.6 is 11.8 Å². The van der Waals surface area contributed by atoms with E-state index in [1.807, 2.05) is 23.9 Å². The number of hydrogen-bond donors (Lipinski definition) is 1. The van der Waals surface area contributed by atoms with Gasteiger partial charge in [0.25, 0.3) is 0 Å². The number of benzene rings is 1. The zero-order chi connectivity index (χ0) is 11.5. The van der Waals surface area contributed by atoms with Gasteiger partial charge >= 0.3 is 0 Å². The monoisotopic (exact) mass is 235 g/mol. The van der Waals surface area contributed by atoms with Gasteiger partial charge in [0.1, 0.15) is 0 Å². The van der Waals surface area contributed by atoms with Crippen LogP contribution in [0.5, 0.6) is 0 Å². The number of hydrogen-bond acceptors (Lipinski definition) is 2. The van der Waals surface area contributed by atoms with E-state index in [1.165, 1.54) is 4.90 Å². The summed E-state index contributed by atoms with van der Waals surface area (Å²) in [4.78, 5) is 12.8. The highest BCUT2D eigenvalue weighted by Crippen LogP contribution is 2.30. The van der Waals surface area contributed by atoms with Gasteiger partial charge in [-0.3, -0.25) is 4.79 Å². The summed E-state index contributed by atoms with van der Waals surface area (Å²) in [6.45, 7) is 4.35. The van der Waals surface area contributed by atoms with E-state index in [4.69, 9.17) is 0 Å². The third kappa shape index (κ3) is 3.27. The molecule has 0 heterocycles. The SMILES string of the molecule is CC(C)Sc1ccc(NC(=O)C2CC2)cc1. The van der Waals surface area contributed by atoms with Gasteiger partial charge in [-0.2, -0.15) is 0 Å². The molecule has 1 fully saturated rings. The molecular weight excluding hydrogens is 218 g/mol. The van der Waals surface area contributed by atoms with Crippen LogP contribution in [0.25, 0.3) is 0 Å². The fourth-order valence-electron chi connectivity index (χ4n) is 1.48. The highest BCUT2D eigenvalue weighted by Gasteiger charge is 2.29. The molecule has 0 saturated heterocycles. The van der Waals surface area contributed by atoms with Gasteiger partial charge in [0.2, 0.25) is 5.91 Å². The summed E-state index contributed by atoms with van der Waals surface area (Å²) >= 11 is 1.83. The Balaban J connectivity index is 1.93. The highest BCUT2D eigenvalue weighted by atomic mass is 32.2. The molecule has 0 aromatic heterocycles. The van der Waals surface area contributed by atoms with Gasteiger partial charge in [0.05, 0.1) is 0 Å². The molecular formula is C13H17NOS. The Bertz CT molecular complexity index is 368. The third-order valence-corrected chi connectivity index (χ3v) is 3.46. The lowest BCUT2D eigenvalue weighted by molar-refractivity contribution is -0.117. The van der Waals surface area contributed by atoms with Crippen molar-refractivity contribution in [3.63, 3.8) is 0 Å². The van der Waals surface area contributed by atoms with Crippen molar-refractivity contribution in [2.24, 2.45) is 5.92 Å². The van der Waals surface area contributed by atoms with Crippen LogP contribution in [-0.4, -0.2) is 11.2 Å². The maximum atomic E-state index is 11.5. The summed E-state index contributed by atoms with van der Waals surface area (Å²) in [5, 5.41) is 3.53. The first-order valence-corrected chi connectivity index (χ1v) is 6.60. The van der Waals surface area contributed by atoms with E-state index in [0.29, 0.717) is 5.25 Å². The van der Waals surface area contributed by atoms with Gasteiger partial charge in [0.15, 0.2) is 0 Å². The lowest BCUT2D eigenvalue weighted by Gasteiger charge is -2.07. The van der Waals surface area contributed by atoms with E-state index >= 15 is 0 Å². The van der Waals surface area contributed by atoms with Crippen molar-refractivity contribution in [3.05, 3.63) is 24.3 Å². The average Bonchev–Trinajstić information content (AvgIpc) is 3.03. The van der Waals surface area contributed by atoms with Crippen LogP contribution in [0.2, 0.25) is 0 Å². The van der Waals surface area contributed by atoms with Crippen LogP contribution in [0.3, 0.4) is 0 Å². The molecule has 1 N–H and O–H groups in total. The van der Waals surface area contributed by atoms with E-state index in [9.17, 15) is 4.79 Å². The Hall–Kier alpha value is -0.960. The minimum atomic E-state index is 0.171. The summed E-state index contributed by atoms with van der Waals surface area (Å²) in [5.41, 5.74) is 0.907. The Morgan fingerprint density at radius 2 is 1.94 bits per heavy atom. The molecule has 0 unspecified atom stereocenters. The molecule has 3 heteroatoms. The molecule has 2 nitrogen and oxygen atoms in total. The van der Waals surface area contributed by atoms with Crippen molar-refractivity contribution >= 4 is 23.4 Å². The summed E-state index contributed by atoms with van der Waals surface area (Å²) in [5.74, 6) is 0.439. The molecule has 1 aliphatic rings. The Morgan fingerprint density at radius 1 is 1.31 bits per heavy atom. The fraction of sp³-hybridized carbons (Fsp3) is 0.462. The van der Waals surface area contributed by atoms with E-state index in [-0.39, 0.29) is 11.8 Å². The second-order valence-corrected chi connectivity index (χ2v) is 6.10. The lowest BCUT2D eigenvalue weighted by atomic mass is 10.3. The molecule has 16 heavy (non-hydrogen) atoms. The first-order valence-electron chi connectivity index (χ1n) is 5.73. The van der Waals surface area contributed by atoms with Gasteiger partial charge < -0.3 is 5.32 Å². The van der Waals surface area contributed by atoms with E-state index in [2.05, 4.69) is 31.3 Å². The molecule has 1 amide bonds. The number of nitrogens with one attached hydrogen (secondary N) is 1. The van der Waals surface area contributed by atoms with E-state index in [1.54, 1.807) is 0 Å². The molecule has 1 aromatic carbocycles. The van der Waals surface area contributed by atoms with Crippen molar-refractivity contribution < 1.29 is 4.79 Å². The smallest absolute Gasteiger partial charge is 0.227 e. The molecule has 0 aliphatic heterocycles. The van der Waals surface area contributed by atoms with E-state index in [0.717, 1.165) is 18.5 Å². The average molecular weight is 235 g/mol. The van der Waals surface area contributed by atoms with Crippen LogP contribution in [0.1, 0.15) is 26.7 Å². The predicted octanol–water partition coefficient (Wildman–Crippen LogP) is 3.54. The number of anilines is 1. The maximum absolute atomic E-state index is 11.5. The van der Waals surface area contributed by atoms with Crippen LogP contribution in [-0.2, 0) is 4.79 Å². The molecule has 1 aromatic rings. The van der Waals surface area contributed by atoms with Crippen LogP contribution in [0.15, 0.2) is 29.2 Å². The largest absolute Gasteiger partial charge is 0.326 e. The fourth-order valence-corrected chi connectivity index (χ4v) is 2.32. The minimum Gasteiger partial charge on any atom is -0.326 e. The van der Waals surface area contributed by atoms with Crippen LogP contribution in [0.4, 0.5) is 5.69 Å². The van der Waals surface area contributed by atoms with Crippen LogP contribution in [0, 0.1) is 5.92 Å². The molecule has 1 aliphatic carbocycles. The quantitative estimate of drug-likeness (QED) is 0.809. The summed E-state index contributed by atoms with van der Waals surface area (Å²) < 4.78 is 0. The normalized spacial score (nSPS) is 15.2. The van der Waals surface area contributed by atoms with Gasteiger partial charge in [-0.15, -0.1) is 11.8 Å². The zero-order valence-electron chi connectivity index (χ0n) is 9.69. The second-order valence-electron chi connectivity index (χ2n) is 4.45. The maximum Gasteiger partial charge on any atom is 0.227 e. The van der Waals surface area contributed by atoms with Crippen molar-refractivity contribution in [2.75, 3.05) is 5.32 Å². The van der Waals surface area contributed by atoms with Gasteiger partial charge in [-0.1, -0.05) is 13.8 Å². The lowest BCUT2D eigenvalue weighted by Crippen LogP contribution is -2.12. The second kappa shape index (κ2) is 4.91. The topological polar surface area (TPSA) is 29.1 Å². The Labute approximate surface area is 101 Å². The molecule has 2 rings (SSSR count). The molecule has 1 saturated carbocycles. The summed E-state index contributed by atoms with van der Waals surface area (Å²) in [7, 11) is 0. The van der Waals surface area contributed by atoms with Crippen molar-refractivity contribution in [3.8, 4) is 0 Å². The Morgan fingerprint density at radius 3 is 2.44 bits per heavy atom. The molecule has 0 radical (unpaired) electrons. The summed E-state index contributed by atoms with van der Waals surface area (Å²) in [6.07, 6.45) is 2.10. The molecule has 86 valence electrons. The third-order valence-electron chi connectivity index (χ3n) is 2.44. The van der Waals surface area contributed by atoms with Crippen molar-refractivity contribution in [2.45, 2.75) is 36.8 Å².